The number of nitrogens with zero attached hydrogens (tertiary/aromatic N) is 2. The van der Waals surface area contributed by atoms with E-state index < -0.39 is 0 Å². The van der Waals surface area contributed by atoms with Crippen LogP contribution in [0.15, 0.2) is 4.52 Å². The van der Waals surface area contributed by atoms with Crippen LogP contribution in [0.25, 0.3) is 0 Å². The van der Waals surface area contributed by atoms with Gasteiger partial charge in [0.1, 0.15) is 0 Å². The monoisotopic (exact) mass is 225 g/mol. The second kappa shape index (κ2) is 5.41. The van der Waals surface area contributed by atoms with Crippen molar-refractivity contribution in [2.24, 2.45) is 11.7 Å². The maximum Gasteiger partial charge on any atom is 0.243 e. The van der Waals surface area contributed by atoms with Crippen LogP contribution < -0.4 is 5.73 Å². The van der Waals surface area contributed by atoms with Crippen LogP contribution in [-0.4, -0.2) is 21.9 Å². The van der Waals surface area contributed by atoms with Crippen molar-refractivity contribution in [1.82, 2.24) is 10.1 Å². The topological polar surface area (TPSA) is 85.2 Å². The number of nitrogens with two attached hydrogens (primary N) is 1. The minimum atomic E-state index is -0.139. The lowest BCUT2D eigenvalue weighted by molar-refractivity contribution is 0.254. The molecule has 3 N–H and O–H groups in total. The number of hydrogen-bond acceptors (Lipinski definition) is 5. The highest BCUT2D eigenvalue weighted by Gasteiger charge is 2.26. The molecule has 1 atom stereocenters. The van der Waals surface area contributed by atoms with Crippen molar-refractivity contribution in [3.63, 3.8) is 0 Å². The zero-order valence-corrected chi connectivity index (χ0v) is 9.43. The molecule has 1 aliphatic rings. The van der Waals surface area contributed by atoms with Gasteiger partial charge >= 0.3 is 0 Å². The highest BCUT2D eigenvalue weighted by atomic mass is 16.5. The van der Waals surface area contributed by atoms with Crippen molar-refractivity contribution < 1.29 is 9.63 Å². The van der Waals surface area contributed by atoms with Gasteiger partial charge in [-0.15, -0.1) is 0 Å². The Morgan fingerprint density at radius 3 is 2.81 bits per heavy atom. The van der Waals surface area contributed by atoms with Crippen LogP contribution in [0, 0.1) is 5.92 Å². The predicted molar refractivity (Wildman–Crippen MR) is 58.6 cm³/mol. The zero-order chi connectivity index (χ0) is 11.4. The molecular weight excluding hydrogens is 206 g/mol. The highest BCUT2D eigenvalue weighted by molar-refractivity contribution is 4.95. The van der Waals surface area contributed by atoms with Crippen molar-refractivity contribution in [2.45, 2.75) is 44.6 Å². The van der Waals surface area contributed by atoms with E-state index in [-0.39, 0.29) is 12.6 Å². The van der Waals surface area contributed by atoms with E-state index in [0.29, 0.717) is 24.1 Å². The van der Waals surface area contributed by atoms with Crippen molar-refractivity contribution in [3.05, 3.63) is 11.7 Å². The fraction of sp³-hybridized carbons (Fsp3) is 0.818. The summed E-state index contributed by atoms with van der Waals surface area (Å²) in [6.45, 7) is 0.0393. The fourth-order valence-electron chi connectivity index (χ4n) is 2.30. The maximum absolute atomic E-state index is 8.76. The second-order valence-corrected chi connectivity index (χ2v) is 4.45. The molecule has 0 aliphatic heterocycles. The summed E-state index contributed by atoms with van der Waals surface area (Å²) in [6.07, 6.45) is 6.54. The van der Waals surface area contributed by atoms with Crippen LogP contribution in [0.3, 0.4) is 0 Å². The predicted octanol–water partition coefficient (Wildman–Crippen LogP) is 1.18. The van der Waals surface area contributed by atoms with Crippen LogP contribution >= 0.6 is 0 Å². The van der Waals surface area contributed by atoms with E-state index in [4.69, 9.17) is 15.4 Å². The molecule has 1 aromatic heterocycles. The molecule has 5 nitrogen and oxygen atoms in total. The number of hydrogen-bond donors (Lipinski definition) is 2. The minimum absolute atomic E-state index is 0.0393. The summed E-state index contributed by atoms with van der Waals surface area (Å²) in [5.41, 5.74) is 6.12. The molecule has 0 saturated heterocycles. The van der Waals surface area contributed by atoms with Gasteiger partial charge in [0, 0.05) is 6.42 Å². The minimum Gasteiger partial charge on any atom is -0.396 e. The summed E-state index contributed by atoms with van der Waals surface area (Å²) in [4.78, 5) is 4.21. The van der Waals surface area contributed by atoms with Crippen molar-refractivity contribution >= 4 is 0 Å². The molecule has 1 heterocycles. The Morgan fingerprint density at radius 1 is 1.38 bits per heavy atom. The largest absolute Gasteiger partial charge is 0.396 e. The van der Waals surface area contributed by atoms with Crippen LogP contribution in [0.4, 0.5) is 0 Å². The Hall–Kier alpha value is -0.940. The number of aliphatic hydroxyl groups is 1. The van der Waals surface area contributed by atoms with Crippen molar-refractivity contribution in [2.75, 3.05) is 6.61 Å². The maximum atomic E-state index is 8.76. The van der Waals surface area contributed by atoms with Crippen molar-refractivity contribution in [3.8, 4) is 0 Å². The van der Waals surface area contributed by atoms with E-state index in [1.165, 1.54) is 19.3 Å². The average Bonchev–Trinajstić information content (AvgIpc) is 2.78. The lowest BCUT2D eigenvalue weighted by Crippen LogP contribution is -2.23. The summed E-state index contributed by atoms with van der Waals surface area (Å²) in [5, 5.41) is 12.6. The molecule has 2 rings (SSSR count). The summed E-state index contributed by atoms with van der Waals surface area (Å²) >= 11 is 0. The van der Waals surface area contributed by atoms with E-state index >= 15 is 0 Å². The molecule has 0 spiro atoms. The van der Waals surface area contributed by atoms with Gasteiger partial charge in [-0.25, -0.2) is 0 Å². The van der Waals surface area contributed by atoms with Gasteiger partial charge in [-0.05, 0) is 18.8 Å². The molecule has 0 amide bonds. The molecule has 1 saturated carbocycles. The summed E-state index contributed by atoms with van der Waals surface area (Å²) in [5.74, 6) is 1.54. The van der Waals surface area contributed by atoms with Gasteiger partial charge in [-0.2, -0.15) is 4.98 Å². The molecule has 1 aliphatic carbocycles. The van der Waals surface area contributed by atoms with Gasteiger partial charge in [0.25, 0.3) is 0 Å². The Labute approximate surface area is 95.0 Å². The summed E-state index contributed by atoms with van der Waals surface area (Å²) in [7, 11) is 0. The smallest absolute Gasteiger partial charge is 0.243 e. The van der Waals surface area contributed by atoms with Gasteiger partial charge in [-0.3, -0.25) is 0 Å². The van der Waals surface area contributed by atoms with E-state index in [1.807, 2.05) is 0 Å². The molecule has 0 bridgehead atoms. The Balaban J connectivity index is 1.98. The lowest BCUT2D eigenvalue weighted by Gasteiger charge is -2.24. The number of aromatic nitrogens is 2. The Kier molecular flexibility index (Phi) is 3.90. The molecule has 1 aromatic rings. The van der Waals surface area contributed by atoms with Crippen LogP contribution in [0.5, 0.6) is 0 Å². The van der Waals surface area contributed by atoms with Crippen LogP contribution in [0.1, 0.15) is 49.9 Å². The van der Waals surface area contributed by atoms with E-state index in [1.54, 1.807) is 0 Å². The lowest BCUT2D eigenvalue weighted by atomic mass is 9.84. The third kappa shape index (κ3) is 2.59. The zero-order valence-electron chi connectivity index (χ0n) is 9.43. The van der Waals surface area contributed by atoms with Gasteiger partial charge in [0.05, 0.1) is 12.6 Å². The molecule has 1 unspecified atom stereocenters. The SMILES string of the molecule is NC(c1nc(CCO)no1)C1CCCCC1. The highest BCUT2D eigenvalue weighted by Crippen LogP contribution is 2.32. The first kappa shape index (κ1) is 11.5. The Morgan fingerprint density at radius 2 is 2.12 bits per heavy atom. The third-order valence-electron chi connectivity index (χ3n) is 3.26. The van der Waals surface area contributed by atoms with Crippen LogP contribution in [-0.2, 0) is 6.42 Å². The quantitative estimate of drug-likeness (QED) is 0.803. The van der Waals surface area contributed by atoms with Gasteiger partial charge < -0.3 is 15.4 Å². The Bertz CT molecular complexity index is 321. The molecule has 1 fully saturated rings. The van der Waals surface area contributed by atoms with Gasteiger partial charge in [0.15, 0.2) is 5.82 Å². The third-order valence-corrected chi connectivity index (χ3v) is 3.26. The first-order valence-electron chi connectivity index (χ1n) is 6.00. The van der Waals surface area contributed by atoms with E-state index in [0.717, 1.165) is 12.8 Å². The molecule has 0 aromatic carbocycles. The molecular formula is C11H19N3O2. The molecule has 90 valence electrons. The van der Waals surface area contributed by atoms with E-state index in [9.17, 15) is 0 Å². The second-order valence-electron chi connectivity index (χ2n) is 4.45. The van der Waals surface area contributed by atoms with Gasteiger partial charge in [0.2, 0.25) is 5.89 Å². The van der Waals surface area contributed by atoms with Crippen LogP contribution in [0.2, 0.25) is 0 Å². The normalized spacial score (nSPS) is 19.9. The molecule has 16 heavy (non-hydrogen) atoms. The fourth-order valence-corrected chi connectivity index (χ4v) is 2.30. The van der Waals surface area contributed by atoms with Crippen molar-refractivity contribution in [1.29, 1.82) is 0 Å². The van der Waals surface area contributed by atoms with E-state index in [2.05, 4.69) is 10.1 Å². The first-order chi connectivity index (χ1) is 7.81. The van der Waals surface area contributed by atoms with Gasteiger partial charge in [-0.1, -0.05) is 24.4 Å². The summed E-state index contributed by atoms with van der Waals surface area (Å²) < 4.78 is 5.13. The average molecular weight is 225 g/mol. The first-order valence-corrected chi connectivity index (χ1v) is 6.00. The number of rotatable bonds is 4. The molecule has 0 radical (unpaired) electrons. The summed E-state index contributed by atoms with van der Waals surface area (Å²) in [6, 6.07) is -0.139. The molecule has 5 heteroatoms. The standard InChI is InChI=1S/C11H19N3O2/c12-10(8-4-2-1-3-5-8)11-13-9(6-7-15)14-16-11/h8,10,15H,1-7,12H2. The number of aliphatic hydroxyl groups excluding tert-OH is 1.